The van der Waals surface area contributed by atoms with E-state index in [-0.39, 0.29) is 11.8 Å². The number of para-hydroxylation sites is 1. The van der Waals surface area contributed by atoms with Crippen LogP contribution in [-0.2, 0) is 11.3 Å². The van der Waals surface area contributed by atoms with Crippen LogP contribution in [0.1, 0.15) is 44.2 Å². The van der Waals surface area contributed by atoms with E-state index in [0.29, 0.717) is 12.5 Å². The second-order valence-corrected chi connectivity index (χ2v) is 7.50. The van der Waals surface area contributed by atoms with E-state index in [1.54, 1.807) is 10.4 Å². The Hall–Kier alpha value is -1.46. The van der Waals surface area contributed by atoms with E-state index >= 15 is 0 Å². The number of halogens is 1. The van der Waals surface area contributed by atoms with Gasteiger partial charge in [-0.1, -0.05) is 45.9 Å². The fourth-order valence-electron chi connectivity index (χ4n) is 2.34. The molecule has 0 N–H and O–H groups in total. The third-order valence-electron chi connectivity index (χ3n) is 3.64. The molecule has 0 aliphatic carbocycles. The predicted octanol–water partition coefficient (Wildman–Crippen LogP) is 4.46. The van der Waals surface area contributed by atoms with Gasteiger partial charge in [-0.3, -0.25) is 4.79 Å². The zero-order valence-corrected chi connectivity index (χ0v) is 15.4. The molecule has 0 bridgehead atoms. The molecule has 0 fully saturated rings. The van der Waals surface area contributed by atoms with Gasteiger partial charge in [0.15, 0.2) is 0 Å². The number of benzene rings is 1. The minimum atomic E-state index is -0.567. The molecule has 124 valence electrons. The van der Waals surface area contributed by atoms with Crippen molar-refractivity contribution in [2.45, 2.75) is 45.5 Å². The SMILES string of the molecule is CC(C)c1ccccc1N(Cc1nncs1)C(=O)C(Cl)C(C)C. The van der Waals surface area contributed by atoms with Crippen LogP contribution in [0.25, 0.3) is 0 Å². The van der Waals surface area contributed by atoms with Crippen molar-refractivity contribution < 1.29 is 4.79 Å². The highest BCUT2D eigenvalue weighted by atomic mass is 35.5. The van der Waals surface area contributed by atoms with Crippen LogP contribution in [0.15, 0.2) is 29.8 Å². The number of aromatic nitrogens is 2. The Kier molecular flexibility index (Phi) is 6.13. The number of rotatable bonds is 6. The standard InChI is InChI=1S/C17H22ClN3OS/c1-11(2)13-7-5-6-8-14(13)21(9-15-20-19-10-23-15)17(22)16(18)12(3)4/h5-8,10-12,16H,9H2,1-4H3. The minimum absolute atomic E-state index is 0.0623. The first kappa shape index (κ1) is 17.9. The molecule has 0 saturated carbocycles. The number of carbonyl (C=O) groups is 1. The normalized spacial score (nSPS) is 12.7. The van der Waals surface area contributed by atoms with Gasteiger partial charge in [0, 0.05) is 5.69 Å². The maximum absolute atomic E-state index is 12.9. The van der Waals surface area contributed by atoms with Gasteiger partial charge in [0.25, 0.3) is 0 Å². The Morgan fingerprint density at radius 2 is 1.96 bits per heavy atom. The molecular formula is C17H22ClN3OS. The number of hydrogen-bond donors (Lipinski definition) is 0. The van der Waals surface area contributed by atoms with Gasteiger partial charge in [0.05, 0.1) is 6.54 Å². The Morgan fingerprint density at radius 3 is 2.52 bits per heavy atom. The Labute approximate surface area is 146 Å². The number of anilines is 1. The second-order valence-electron chi connectivity index (χ2n) is 6.12. The molecule has 0 saturated heterocycles. The molecule has 1 aromatic carbocycles. The Morgan fingerprint density at radius 1 is 1.26 bits per heavy atom. The summed E-state index contributed by atoms with van der Waals surface area (Å²) in [4.78, 5) is 14.7. The topological polar surface area (TPSA) is 46.1 Å². The number of carbonyl (C=O) groups excluding carboxylic acids is 1. The van der Waals surface area contributed by atoms with Crippen molar-refractivity contribution in [3.63, 3.8) is 0 Å². The third-order valence-corrected chi connectivity index (χ3v) is 5.01. The molecule has 2 aromatic rings. The van der Waals surface area contributed by atoms with Crippen LogP contribution in [0.4, 0.5) is 5.69 Å². The maximum Gasteiger partial charge on any atom is 0.245 e. The average Bonchev–Trinajstić information content (AvgIpc) is 3.04. The molecule has 0 spiro atoms. The van der Waals surface area contributed by atoms with Crippen LogP contribution in [0, 0.1) is 5.92 Å². The van der Waals surface area contributed by atoms with E-state index in [2.05, 4.69) is 30.1 Å². The van der Waals surface area contributed by atoms with Gasteiger partial charge in [-0.05, 0) is 23.5 Å². The van der Waals surface area contributed by atoms with Crippen molar-refractivity contribution in [3.05, 3.63) is 40.3 Å². The smallest absolute Gasteiger partial charge is 0.245 e. The molecule has 4 nitrogen and oxygen atoms in total. The summed E-state index contributed by atoms with van der Waals surface area (Å²) < 4.78 is 0. The lowest BCUT2D eigenvalue weighted by Gasteiger charge is -2.28. The van der Waals surface area contributed by atoms with E-state index in [0.717, 1.165) is 16.3 Å². The van der Waals surface area contributed by atoms with Crippen LogP contribution in [0.2, 0.25) is 0 Å². The summed E-state index contributed by atoms with van der Waals surface area (Å²) in [5, 5.41) is 8.17. The first-order valence-electron chi connectivity index (χ1n) is 7.71. The minimum Gasteiger partial charge on any atom is -0.304 e. The molecule has 6 heteroatoms. The van der Waals surface area contributed by atoms with Crippen molar-refractivity contribution >= 4 is 34.5 Å². The zero-order valence-electron chi connectivity index (χ0n) is 13.9. The molecule has 1 amide bonds. The predicted molar refractivity (Wildman–Crippen MR) is 96.1 cm³/mol. The van der Waals surface area contributed by atoms with Crippen molar-refractivity contribution in [3.8, 4) is 0 Å². The molecule has 2 rings (SSSR count). The van der Waals surface area contributed by atoms with E-state index in [1.165, 1.54) is 11.3 Å². The highest BCUT2D eigenvalue weighted by Gasteiger charge is 2.28. The molecule has 1 unspecified atom stereocenters. The molecule has 0 aliphatic rings. The first-order chi connectivity index (χ1) is 10.9. The first-order valence-corrected chi connectivity index (χ1v) is 9.02. The van der Waals surface area contributed by atoms with Gasteiger partial charge in [-0.15, -0.1) is 33.1 Å². The van der Waals surface area contributed by atoms with E-state index in [9.17, 15) is 4.79 Å². The fraction of sp³-hybridized carbons (Fsp3) is 0.471. The molecule has 1 atom stereocenters. The molecule has 23 heavy (non-hydrogen) atoms. The van der Waals surface area contributed by atoms with Gasteiger partial charge in [-0.2, -0.15) is 0 Å². The van der Waals surface area contributed by atoms with Crippen LogP contribution < -0.4 is 4.90 Å². The summed E-state index contributed by atoms with van der Waals surface area (Å²) >= 11 is 7.80. The highest BCUT2D eigenvalue weighted by Crippen LogP contribution is 2.30. The van der Waals surface area contributed by atoms with Gasteiger partial charge < -0.3 is 4.90 Å². The van der Waals surface area contributed by atoms with Crippen LogP contribution in [0.5, 0.6) is 0 Å². The monoisotopic (exact) mass is 351 g/mol. The zero-order chi connectivity index (χ0) is 17.0. The second kappa shape index (κ2) is 7.88. The maximum atomic E-state index is 12.9. The third kappa shape index (κ3) is 4.30. The van der Waals surface area contributed by atoms with Gasteiger partial charge >= 0.3 is 0 Å². The van der Waals surface area contributed by atoms with Crippen molar-refractivity contribution in [2.24, 2.45) is 5.92 Å². The molecule has 1 aromatic heterocycles. The van der Waals surface area contributed by atoms with E-state index < -0.39 is 5.38 Å². The molecular weight excluding hydrogens is 330 g/mol. The summed E-state index contributed by atoms with van der Waals surface area (Å²) in [5.74, 6) is 0.279. The summed E-state index contributed by atoms with van der Waals surface area (Å²) in [6, 6.07) is 7.96. The molecule has 0 aliphatic heterocycles. The molecule has 1 heterocycles. The number of nitrogens with zero attached hydrogens (tertiary/aromatic N) is 3. The lowest BCUT2D eigenvalue weighted by molar-refractivity contribution is -0.119. The summed E-state index contributed by atoms with van der Waals surface area (Å²) in [7, 11) is 0. The van der Waals surface area contributed by atoms with E-state index in [1.807, 2.05) is 32.0 Å². The number of hydrogen-bond acceptors (Lipinski definition) is 4. The average molecular weight is 352 g/mol. The molecule has 0 radical (unpaired) electrons. The van der Waals surface area contributed by atoms with Gasteiger partial charge in [0.1, 0.15) is 15.9 Å². The lowest BCUT2D eigenvalue weighted by Crippen LogP contribution is -2.39. The van der Waals surface area contributed by atoms with Crippen molar-refractivity contribution in [2.75, 3.05) is 4.90 Å². The number of alkyl halides is 1. The van der Waals surface area contributed by atoms with Crippen molar-refractivity contribution in [1.82, 2.24) is 10.2 Å². The van der Waals surface area contributed by atoms with Gasteiger partial charge in [-0.25, -0.2) is 0 Å². The largest absolute Gasteiger partial charge is 0.304 e. The van der Waals surface area contributed by atoms with Crippen molar-refractivity contribution in [1.29, 1.82) is 0 Å². The van der Waals surface area contributed by atoms with Crippen LogP contribution in [0.3, 0.4) is 0 Å². The Balaban J connectivity index is 2.43. The lowest BCUT2D eigenvalue weighted by atomic mass is 9.99. The van der Waals surface area contributed by atoms with E-state index in [4.69, 9.17) is 11.6 Å². The quantitative estimate of drug-likeness (QED) is 0.722. The summed E-state index contributed by atoms with van der Waals surface area (Å²) in [6.45, 7) is 8.53. The Bertz CT molecular complexity index is 643. The van der Waals surface area contributed by atoms with Gasteiger partial charge in [0.2, 0.25) is 5.91 Å². The van der Waals surface area contributed by atoms with Crippen LogP contribution in [-0.4, -0.2) is 21.5 Å². The summed E-state index contributed by atoms with van der Waals surface area (Å²) in [5.41, 5.74) is 3.69. The summed E-state index contributed by atoms with van der Waals surface area (Å²) in [6.07, 6.45) is 0. The number of amides is 1. The van der Waals surface area contributed by atoms with Crippen LogP contribution >= 0.6 is 22.9 Å². The fourth-order valence-corrected chi connectivity index (χ4v) is 2.97. The highest BCUT2D eigenvalue weighted by molar-refractivity contribution is 7.09.